The number of aliphatic hydroxyl groups excluding tert-OH is 2. The van der Waals surface area contributed by atoms with Crippen molar-refractivity contribution in [2.24, 2.45) is 5.73 Å². The van der Waals surface area contributed by atoms with Crippen LogP contribution in [0.5, 0.6) is 0 Å². The Balaban J connectivity index is 3.19. The standard InChI is InChI=1S/C10H12ClN3O5/c11-4-1-5(9(13)6(2-4)14(18)19)10(17)7(15)3-8(12)16/h1-2,7,10,15,17H,3,13H2,(H2,12,16). The molecular weight excluding hydrogens is 278 g/mol. The number of hydrogen-bond donors (Lipinski definition) is 4. The van der Waals surface area contributed by atoms with E-state index in [2.05, 4.69) is 0 Å². The highest BCUT2D eigenvalue weighted by atomic mass is 35.5. The molecule has 1 aromatic rings. The Bertz CT molecular complexity index is 522. The molecule has 0 radical (unpaired) electrons. The second-order valence-corrected chi connectivity index (χ2v) is 4.30. The summed E-state index contributed by atoms with van der Waals surface area (Å²) in [6, 6.07) is 2.20. The number of rotatable bonds is 5. The van der Waals surface area contributed by atoms with E-state index in [1.807, 2.05) is 0 Å². The molecule has 0 aliphatic heterocycles. The molecule has 0 aliphatic carbocycles. The number of carbonyl (C=O) groups is 1. The zero-order valence-corrected chi connectivity index (χ0v) is 10.4. The van der Waals surface area contributed by atoms with Crippen molar-refractivity contribution in [1.29, 1.82) is 0 Å². The number of benzene rings is 1. The fourth-order valence-corrected chi connectivity index (χ4v) is 1.77. The summed E-state index contributed by atoms with van der Waals surface area (Å²) in [7, 11) is 0. The molecule has 0 saturated heterocycles. The van der Waals surface area contributed by atoms with E-state index in [4.69, 9.17) is 23.1 Å². The number of amides is 1. The molecule has 19 heavy (non-hydrogen) atoms. The molecule has 0 aliphatic rings. The third kappa shape index (κ3) is 3.53. The zero-order chi connectivity index (χ0) is 14.7. The minimum absolute atomic E-state index is 0.0266. The summed E-state index contributed by atoms with van der Waals surface area (Å²) in [5.74, 6) is -0.832. The number of anilines is 1. The van der Waals surface area contributed by atoms with Gasteiger partial charge in [-0.15, -0.1) is 0 Å². The van der Waals surface area contributed by atoms with Gasteiger partial charge in [-0.25, -0.2) is 0 Å². The van der Waals surface area contributed by atoms with E-state index in [1.54, 1.807) is 0 Å². The van der Waals surface area contributed by atoms with Crippen LogP contribution in [-0.4, -0.2) is 27.1 Å². The van der Waals surface area contributed by atoms with Gasteiger partial charge >= 0.3 is 0 Å². The van der Waals surface area contributed by atoms with E-state index >= 15 is 0 Å². The van der Waals surface area contributed by atoms with Crippen LogP contribution in [0.1, 0.15) is 18.1 Å². The number of hydrogen-bond acceptors (Lipinski definition) is 6. The van der Waals surface area contributed by atoms with Crippen LogP contribution in [0.2, 0.25) is 5.02 Å². The number of halogens is 1. The third-order valence-electron chi connectivity index (χ3n) is 2.45. The molecule has 1 rings (SSSR count). The topological polar surface area (TPSA) is 153 Å². The lowest BCUT2D eigenvalue weighted by Crippen LogP contribution is -2.26. The Kier molecular flexibility index (Phi) is 4.65. The van der Waals surface area contributed by atoms with Crippen LogP contribution in [-0.2, 0) is 4.79 Å². The number of nitrogen functional groups attached to an aromatic ring is 1. The predicted octanol–water partition coefficient (Wildman–Crippen LogP) is 0.100. The molecule has 0 fully saturated rings. The quantitative estimate of drug-likeness (QED) is 0.342. The maximum atomic E-state index is 10.7. The van der Waals surface area contributed by atoms with Gasteiger partial charge in [0.15, 0.2) is 0 Å². The fraction of sp³-hybridized carbons (Fsp3) is 0.300. The van der Waals surface area contributed by atoms with Gasteiger partial charge in [-0.2, -0.15) is 0 Å². The lowest BCUT2D eigenvalue weighted by atomic mass is 9.99. The largest absolute Gasteiger partial charge is 0.393 e. The van der Waals surface area contributed by atoms with Gasteiger partial charge < -0.3 is 21.7 Å². The SMILES string of the molecule is NC(=O)CC(O)C(O)c1cc(Cl)cc([N+](=O)[O-])c1N. The Morgan fingerprint density at radius 2 is 2.05 bits per heavy atom. The second-order valence-electron chi connectivity index (χ2n) is 3.87. The minimum Gasteiger partial charge on any atom is -0.393 e. The van der Waals surface area contributed by atoms with Crippen LogP contribution in [0, 0.1) is 10.1 Å². The molecule has 1 aromatic carbocycles. The molecule has 0 heterocycles. The average molecular weight is 290 g/mol. The van der Waals surface area contributed by atoms with Crippen LogP contribution in [0.25, 0.3) is 0 Å². The van der Waals surface area contributed by atoms with Gasteiger partial charge in [0.2, 0.25) is 5.91 Å². The van der Waals surface area contributed by atoms with E-state index in [9.17, 15) is 25.1 Å². The van der Waals surface area contributed by atoms with Gasteiger partial charge in [-0.3, -0.25) is 14.9 Å². The summed E-state index contributed by atoms with van der Waals surface area (Å²) in [6.07, 6.45) is -3.65. The van der Waals surface area contributed by atoms with Crippen molar-refractivity contribution in [1.82, 2.24) is 0 Å². The van der Waals surface area contributed by atoms with Crippen LogP contribution >= 0.6 is 11.6 Å². The van der Waals surface area contributed by atoms with Crippen molar-refractivity contribution >= 4 is 28.9 Å². The maximum Gasteiger partial charge on any atom is 0.293 e. The lowest BCUT2D eigenvalue weighted by Gasteiger charge is -2.18. The van der Waals surface area contributed by atoms with Crippen molar-refractivity contribution in [2.45, 2.75) is 18.6 Å². The molecule has 104 valence electrons. The summed E-state index contributed by atoms with van der Waals surface area (Å²) < 4.78 is 0. The molecule has 0 spiro atoms. The first-order valence-electron chi connectivity index (χ1n) is 5.11. The molecule has 0 aromatic heterocycles. The highest BCUT2D eigenvalue weighted by Gasteiger charge is 2.26. The summed E-state index contributed by atoms with van der Waals surface area (Å²) in [5.41, 5.74) is 9.46. The molecule has 6 N–H and O–H groups in total. The number of nitrogens with two attached hydrogens (primary N) is 2. The summed E-state index contributed by atoms with van der Waals surface area (Å²) in [4.78, 5) is 20.6. The molecule has 2 unspecified atom stereocenters. The Hall–Kier alpha value is -1.90. The van der Waals surface area contributed by atoms with Crippen molar-refractivity contribution in [2.75, 3.05) is 5.73 Å². The van der Waals surface area contributed by atoms with Crippen LogP contribution in [0.3, 0.4) is 0 Å². The van der Waals surface area contributed by atoms with Crippen LogP contribution in [0.4, 0.5) is 11.4 Å². The van der Waals surface area contributed by atoms with Gasteiger partial charge in [0, 0.05) is 16.7 Å². The molecule has 0 saturated carbocycles. The van der Waals surface area contributed by atoms with Crippen molar-refractivity contribution in [3.8, 4) is 0 Å². The van der Waals surface area contributed by atoms with Crippen molar-refractivity contribution < 1.29 is 19.9 Å². The van der Waals surface area contributed by atoms with E-state index in [0.29, 0.717) is 0 Å². The fourth-order valence-electron chi connectivity index (χ4n) is 1.54. The second kappa shape index (κ2) is 5.83. The summed E-state index contributed by atoms with van der Waals surface area (Å²) >= 11 is 5.68. The highest BCUT2D eigenvalue weighted by molar-refractivity contribution is 6.31. The zero-order valence-electron chi connectivity index (χ0n) is 9.62. The number of aliphatic hydroxyl groups is 2. The first-order valence-corrected chi connectivity index (χ1v) is 5.49. The molecular formula is C10H12ClN3O5. The van der Waals surface area contributed by atoms with E-state index in [1.165, 1.54) is 6.07 Å². The molecule has 0 bridgehead atoms. The monoisotopic (exact) mass is 289 g/mol. The van der Waals surface area contributed by atoms with E-state index in [-0.39, 0.29) is 16.3 Å². The van der Waals surface area contributed by atoms with Gasteiger partial charge in [-0.05, 0) is 6.07 Å². The lowest BCUT2D eigenvalue weighted by molar-refractivity contribution is -0.384. The summed E-state index contributed by atoms with van der Waals surface area (Å²) in [5, 5.41) is 30.1. The van der Waals surface area contributed by atoms with Gasteiger partial charge in [0.1, 0.15) is 11.8 Å². The number of nitro benzene ring substituents is 1. The van der Waals surface area contributed by atoms with Gasteiger partial charge in [-0.1, -0.05) is 11.6 Å². The maximum absolute atomic E-state index is 10.7. The average Bonchev–Trinajstić information content (AvgIpc) is 2.29. The number of primary amides is 1. The van der Waals surface area contributed by atoms with Crippen molar-refractivity contribution in [3.63, 3.8) is 0 Å². The van der Waals surface area contributed by atoms with Crippen molar-refractivity contribution in [3.05, 3.63) is 32.8 Å². The first kappa shape index (κ1) is 15.2. The Morgan fingerprint density at radius 1 is 1.47 bits per heavy atom. The number of nitro groups is 1. The normalized spacial score (nSPS) is 13.8. The third-order valence-corrected chi connectivity index (χ3v) is 2.66. The minimum atomic E-state index is -1.61. The van der Waals surface area contributed by atoms with Gasteiger partial charge in [0.05, 0.1) is 17.4 Å². The first-order chi connectivity index (χ1) is 8.73. The predicted molar refractivity (Wildman–Crippen MR) is 67.3 cm³/mol. The number of nitrogens with zero attached hydrogens (tertiary/aromatic N) is 1. The van der Waals surface area contributed by atoms with Crippen LogP contribution in [0.15, 0.2) is 12.1 Å². The Morgan fingerprint density at radius 3 is 2.53 bits per heavy atom. The van der Waals surface area contributed by atoms with E-state index < -0.39 is 35.1 Å². The van der Waals surface area contributed by atoms with E-state index in [0.717, 1.165) is 6.07 Å². The molecule has 9 heteroatoms. The summed E-state index contributed by atoms with van der Waals surface area (Å²) in [6.45, 7) is 0. The molecule has 1 amide bonds. The highest BCUT2D eigenvalue weighted by Crippen LogP contribution is 2.34. The molecule has 2 atom stereocenters. The van der Waals surface area contributed by atoms with Gasteiger partial charge in [0.25, 0.3) is 5.69 Å². The molecule has 8 nitrogen and oxygen atoms in total. The van der Waals surface area contributed by atoms with Crippen LogP contribution < -0.4 is 11.5 Å². The Labute approximate surface area is 112 Å². The number of carbonyl (C=O) groups excluding carboxylic acids is 1. The smallest absolute Gasteiger partial charge is 0.293 e.